The van der Waals surface area contributed by atoms with Crippen molar-refractivity contribution in [2.75, 3.05) is 6.61 Å². The molecular weight excluding hydrogens is 324 g/mol. The molecule has 1 aromatic heterocycles. The van der Waals surface area contributed by atoms with Gasteiger partial charge in [-0.05, 0) is 56.0 Å². The van der Waals surface area contributed by atoms with E-state index in [-0.39, 0.29) is 0 Å². The van der Waals surface area contributed by atoms with E-state index >= 15 is 0 Å². The Labute approximate surface area is 155 Å². The number of aromatic nitrogens is 2. The van der Waals surface area contributed by atoms with Gasteiger partial charge >= 0.3 is 0 Å². The summed E-state index contributed by atoms with van der Waals surface area (Å²) in [5, 5.41) is 10.5. The molecule has 1 atom stereocenters. The normalized spacial score (nSPS) is 12.5. The van der Waals surface area contributed by atoms with E-state index in [1.54, 1.807) is 0 Å². The Kier molecular flexibility index (Phi) is 5.94. The van der Waals surface area contributed by atoms with Gasteiger partial charge in [0.1, 0.15) is 17.7 Å². The summed E-state index contributed by atoms with van der Waals surface area (Å²) < 4.78 is 8.12. The number of aliphatic hydroxyl groups is 1. The highest BCUT2D eigenvalue weighted by Gasteiger charge is 2.17. The number of para-hydroxylation sites is 2. The highest BCUT2D eigenvalue weighted by atomic mass is 16.5. The molecule has 0 saturated carbocycles. The number of aryl methyl sites for hydroxylation is 3. The number of imidazole rings is 1. The average Bonchev–Trinajstić information content (AvgIpc) is 3.00. The summed E-state index contributed by atoms with van der Waals surface area (Å²) >= 11 is 0. The van der Waals surface area contributed by atoms with Gasteiger partial charge in [-0.1, -0.05) is 37.6 Å². The lowest BCUT2D eigenvalue weighted by Gasteiger charge is -2.14. The SMILES string of the molecule is CCCC(O)c1nc2ccccc2n1CCCOc1cc(C)ccc1C. The predicted molar refractivity (Wildman–Crippen MR) is 106 cm³/mol. The summed E-state index contributed by atoms with van der Waals surface area (Å²) in [5.41, 5.74) is 4.37. The third kappa shape index (κ3) is 4.07. The van der Waals surface area contributed by atoms with Crippen LogP contribution in [0.5, 0.6) is 5.75 Å². The number of nitrogens with zero attached hydrogens (tertiary/aromatic N) is 2. The minimum Gasteiger partial charge on any atom is -0.493 e. The molecule has 0 aliphatic heterocycles. The summed E-state index contributed by atoms with van der Waals surface area (Å²) in [6.45, 7) is 7.64. The van der Waals surface area contributed by atoms with Crippen LogP contribution in [0.1, 0.15) is 49.2 Å². The lowest BCUT2D eigenvalue weighted by molar-refractivity contribution is 0.152. The molecule has 0 bridgehead atoms. The quantitative estimate of drug-likeness (QED) is 0.583. The number of ether oxygens (including phenoxy) is 1. The summed E-state index contributed by atoms with van der Waals surface area (Å²) in [4.78, 5) is 4.67. The first-order chi connectivity index (χ1) is 12.6. The molecule has 1 unspecified atom stereocenters. The molecule has 0 radical (unpaired) electrons. The Morgan fingerprint density at radius 1 is 1.15 bits per heavy atom. The van der Waals surface area contributed by atoms with Gasteiger partial charge < -0.3 is 14.4 Å². The zero-order valence-electron chi connectivity index (χ0n) is 15.9. The van der Waals surface area contributed by atoms with Crippen molar-refractivity contribution in [1.29, 1.82) is 0 Å². The minimum atomic E-state index is -0.521. The van der Waals surface area contributed by atoms with Crippen LogP contribution < -0.4 is 4.74 Å². The molecule has 138 valence electrons. The average molecular weight is 352 g/mol. The number of hydrogen-bond acceptors (Lipinski definition) is 3. The van der Waals surface area contributed by atoms with E-state index in [0.717, 1.165) is 54.0 Å². The smallest absolute Gasteiger partial charge is 0.138 e. The van der Waals surface area contributed by atoms with Gasteiger partial charge in [-0.3, -0.25) is 0 Å². The van der Waals surface area contributed by atoms with Crippen LogP contribution in [-0.4, -0.2) is 21.3 Å². The fraction of sp³-hybridized carbons (Fsp3) is 0.409. The highest BCUT2D eigenvalue weighted by Crippen LogP contribution is 2.24. The summed E-state index contributed by atoms with van der Waals surface area (Å²) in [6.07, 6.45) is 1.99. The Morgan fingerprint density at radius 3 is 2.77 bits per heavy atom. The largest absolute Gasteiger partial charge is 0.493 e. The van der Waals surface area contributed by atoms with Gasteiger partial charge in [-0.25, -0.2) is 4.98 Å². The number of fused-ring (bicyclic) bond motifs is 1. The van der Waals surface area contributed by atoms with Crippen LogP contribution in [0.4, 0.5) is 0 Å². The zero-order valence-corrected chi connectivity index (χ0v) is 15.9. The van der Waals surface area contributed by atoms with Crippen molar-refractivity contribution in [2.45, 2.75) is 52.7 Å². The zero-order chi connectivity index (χ0) is 18.5. The van der Waals surface area contributed by atoms with Crippen LogP contribution in [-0.2, 0) is 6.54 Å². The molecule has 3 rings (SSSR count). The number of rotatable bonds is 8. The van der Waals surface area contributed by atoms with Crippen LogP contribution in [0.25, 0.3) is 11.0 Å². The minimum absolute atomic E-state index is 0.521. The molecule has 0 amide bonds. The van der Waals surface area contributed by atoms with Crippen LogP contribution in [0.3, 0.4) is 0 Å². The Bertz CT molecular complexity index is 870. The number of benzene rings is 2. The van der Waals surface area contributed by atoms with Crippen LogP contribution in [0, 0.1) is 13.8 Å². The predicted octanol–water partition coefficient (Wildman–Crippen LogP) is 4.96. The van der Waals surface area contributed by atoms with E-state index in [2.05, 4.69) is 54.6 Å². The third-order valence-corrected chi connectivity index (χ3v) is 4.67. The van der Waals surface area contributed by atoms with Crippen molar-refractivity contribution in [3.63, 3.8) is 0 Å². The van der Waals surface area contributed by atoms with Crippen molar-refractivity contribution >= 4 is 11.0 Å². The molecule has 1 N–H and O–H groups in total. The van der Waals surface area contributed by atoms with Crippen molar-refractivity contribution in [2.24, 2.45) is 0 Å². The van der Waals surface area contributed by atoms with Gasteiger partial charge in [0.2, 0.25) is 0 Å². The Morgan fingerprint density at radius 2 is 1.96 bits per heavy atom. The van der Waals surface area contributed by atoms with Crippen LogP contribution in [0.2, 0.25) is 0 Å². The molecule has 0 saturated heterocycles. The third-order valence-electron chi connectivity index (χ3n) is 4.67. The molecule has 3 aromatic rings. The molecule has 4 heteroatoms. The van der Waals surface area contributed by atoms with Crippen LogP contribution in [0.15, 0.2) is 42.5 Å². The van der Waals surface area contributed by atoms with Gasteiger partial charge in [-0.2, -0.15) is 0 Å². The van der Waals surface area contributed by atoms with Gasteiger partial charge in [0.05, 0.1) is 17.6 Å². The molecular formula is C22H28N2O2. The van der Waals surface area contributed by atoms with E-state index in [0.29, 0.717) is 6.61 Å². The molecule has 1 heterocycles. The first kappa shape index (κ1) is 18.5. The first-order valence-electron chi connectivity index (χ1n) is 9.43. The number of aliphatic hydroxyl groups excluding tert-OH is 1. The lowest BCUT2D eigenvalue weighted by Crippen LogP contribution is -2.11. The monoisotopic (exact) mass is 352 g/mol. The summed E-state index contributed by atoms with van der Waals surface area (Å²) in [6, 6.07) is 14.3. The fourth-order valence-corrected chi connectivity index (χ4v) is 3.25. The Hall–Kier alpha value is -2.33. The molecule has 0 aliphatic rings. The van der Waals surface area contributed by atoms with E-state index in [4.69, 9.17) is 4.74 Å². The topological polar surface area (TPSA) is 47.3 Å². The second kappa shape index (κ2) is 8.37. The van der Waals surface area contributed by atoms with Crippen LogP contribution >= 0.6 is 0 Å². The van der Waals surface area contributed by atoms with Crippen molar-refractivity contribution in [3.8, 4) is 5.75 Å². The van der Waals surface area contributed by atoms with E-state index in [1.807, 2.05) is 18.2 Å². The maximum absolute atomic E-state index is 10.5. The van der Waals surface area contributed by atoms with E-state index in [9.17, 15) is 5.11 Å². The van der Waals surface area contributed by atoms with Gasteiger partial charge in [0, 0.05) is 6.54 Å². The first-order valence-corrected chi connectivity index (χ1v) is 9.43. The van der Waals surface area contributed by atoms with Crippen molar-refractivity contribution in [1.82, 2.24) is 9.55 Å². The fourth-order valence-electron chi connectivity index (χ4n) is 3.25. The highest BCUT2D eigenvalue weighted by molar-refractivity contribution is 5.76. The molecule has 26 heavy (non-hydrogen) atoms. The molecule has 4 nitrogen and oxygen atoms in total. The summed E-state index contributed by atoms with van der Waals surface area (Å²) in [7, 11) is 0. The van der Waals surface area contributed by atoms with Gasteiger partial charge in [-0.15, -0.1) is 0 Å². The lowest BCUT2D eigenvalue weighted by atomic mass is 10.1. The number of hydrogen-bond donors (Lipinski definition) is 1. The molecule has 0 aliphatic carbocycles. The standard InChI is InChI=1S/C22H28N2O2/c1-4-8-20(25)22-23-18-9-5-6-10-19(18)24(22)13-7-14-26-21-15-16(2)11-12-17(21)3/h5-6,9-12,15,20,25H,4,7-8,13-14H2,1-3H3. The van der Waals surface area contributed by atoms with Crippen molar-refractivity contribution < 1.29 is 9.84 Å². The second-order valence-corrected chi connectivity index (χ2v) is 6.89. The van der Waals surface area contributed by atoms with E-state index in [1.165, 1.54) is 5.56 Å². The maximum atomic E-state index is 10.5. The van der Waals surface area contributed by atoms with Crippen molar-refractivity contribution in [3.05, 3.63) is 59.4 Å². The van der Waals surface area contributed by atoms with Gasteiger partial charge in [0.25, 0.3) is 0 Å². The second-order valence-electron chi connectivity index (χ2n) is 6.89. The molecule has 2 aromatic carbocycles. The molecule has 0 fully saturated rings. The molecule has 0 spiro atoms. The summed E-state index contributed by atoms with van der Waals surface area (Å²) in [5.74, 6) is 1.71. The maximum Gasteiger partial charge on any atom is 0.138 e. The van der Waals surface area contributed by atoms with E-state index < -0.39 is 6.10 Å². The van der Waals surface area contributed by atoms with Gasteiger partial charge in [0.15, 0.2) is 0 Å². The Balaban J connectivity index is 1.71.